The van der Waals surface area contributed by atoms with Crippen molar-refractivity contribution in [3.63, 3.8) is 0 Å². The van der Waals surface area contributed by atoms with Crippen LogP contribution < -0.4 is 0 Å². The summed E-state index contributed by atoms with van der Waals surface area (Å²) >= 11 is 3.54. The Morgan fingerprint density at radius 1 is 1.31 bits per heavy atom. The van der Waals surface area contributed by atoms with Crippen molar-refractivity contribution in [3.05, 3.63) is 0 Å². The van der Waals surface area contributed by atoms with Gasteiger partial charge in [0.05, 0.1) is 24.1 Å². The molecule has 1 heterocycles. The number of unbranched alkanes of at least 4 members (excludes halogenated alkanes) is 3. The Kier molecular flexibility index (Phi) is 6.00. The minimum atomic E-state index is 0.279. The molecule has 0 bridgehead atoms. The van der Waals surface area contributed by atoms with Crippen molar-refractivity contribution in [2.45, 2.75) is 43.5 Å². The fourth-order valence-electron chi connectivity index (χ4n) is 1.42. The SMILES string of the molecule is CCCCCCOC1COCC1Br. The van der Waals surface area contributed by atoms with Crippen LogP contribution in [0.2, 0.25) is 0 Å². The summed E-state index contributed by atoms with van der Waals surface area (Å²) in [6, 6.07) is 0. The topological polar surface area (TPSA) is 18.5 Å². The monoisotopic (exact) mass is 250 g/mol. The number of halogens is 1. The van der Waals surface area contributed by atoms with Crippen LogP contribution in [0.3, 0.4) is 0 Å². The predicted octanol–water partition coefficient (Wildman–Crippen LogP) is 2.75. The number of alkyl halides is 1. The first-order valence-electron chi connectivity index (χ1n) is 5.18. The van der Waals surface area contributed by atoms with Crippen molar-refractivity contribution in [1.29, 1.82) is 0 Å². The fraction of sp³-hybridized carbons (Fsp3) is 1.00. The van der Waals surface area contributed by atoms with E-state index < -0.39 is 0 Å². The zero-order valence-corrected chi connectivity index (χ0v) is 9.88. The van der Waals surface area contributed by atoms with Crippen LogP contribution in [0.4, 0.5) is 0 Å². The molecule has 0 saturated carbocycles. The normalized spacial score (nSPS) is 28.2. The summed E-state index contributed by atoms with van der Waals surface area (Å²) in [5.41, 5.74) is 0. The molecule has 2 atom stereocenters. The van der Waals surface area contributed by atoms with Crippen molar-refractivity contribution in [2.24, 2.45) is 0 Å². The van der Waals surface area contributed by atoms with E-state index in [1.54, 1.807) is 0 Å². The molecule has 1 aliphatic rings. The average Bonchev–Trinajstić information content (AvgIpc) is 2.52. The third kappa shape index (κ3) is 4.43. The molecule has 78 valence electrons. The standard InChI is InChI=1S/C10H19BrO2/c1-2-3-4-5-6-13-10-8-12-7-9(10)11/h9-10H,2-8H2,1H3. The zero-order valence-electron chi connectivity index (χ0n) is 8.30. The van der Waals surface area contributed by atoms with Crippen molar-refractivity contribution < 1.29 is 9.47 Å². The Balaban J connectivity index is 1.93. The van der Waals surface area contributed by atoms with Crippen LogP contribution in [-0.2, 0) is 9.47 Å². The molecule has 0 aliphatic carbocycles. The lowest BCUT2D eigenvalue weighted by Gasteiger charge is -2.12. The second kappa shape index (κ2) is 6.80. The molecule has 1 saturated heterocycles. The fourth-order valence-corrected chi connectivity index (χ4v) is 1.92. The maximum Gasteiger partial charge on any atom is 0.0955 e. The molecule has 13 heavy (non-hydrogen) atoms. The average molecular weight is 251 g/mol. The minimum absolute atomic E-state index is 0.279. The Morgan fingerprint density at radius 2 is 2.15 bits per heavy atom. The summed E-state index contributed by atoms with van der Waals surface area (Å²) in [5, 5.41) is 0. The highest BCUT2D eigenvalue weighted by atomic mass is 79.9. The minimum Gasteiger partial charge on any atom is -0.377 e. The van der Waals surface area contributed by atoms with E-state index in [2.05, 4.69) is 22.9 Å². The zero-order chi connectivity index (χ0) is 9.52. The van der Waals surface area contributed by atoms with Crippen LogP contribution in [0.5, 0.6) is 0 Å². The highest BCUT2D eigenvalue weighted by molar-refractivity contribution is 9.09. The van der Waals surface area contributed by atoms with Gasteiger partial charge in [-0.3, -0.25) is 0 Å². The highest BCUT2D eigenvalue weighted by Crippen LogP contribution is 2.17. The lowest BCUT2D eigenvalue weighted by Crippen LogP contribution is -2.22. The summed E-state index contributed by atoms with van der Waals surface area (Å²) in [4.78, 5) is 0.402. The number of hydrogen-bond donors (Lipinski definition) is 0. The van der Waals surface area contributed by atoms with Crippen molar-refractivity contribution in [2.75, 3.05) is 19.8 Å². The number of ether oxygens (including phenoxy) is 2. The Morgan fingerprint density at radius 3 is 2.77 bits per heavy atom. The molecule has 0 radical (unpaired) electrons. The molecule has 0 aromatic heterocycles. The van der Waals surface area contributed by atoms with Gasteiger partial charge in [0.25, 0.3) is 0 Å². The first kappa shape index (κ1) is 11.5. The molecule has 1 fully saturated rings. The van der Waals surface area contributed by atoms with Crippen LogP contribution in [0.25, 0.3) is 0 Å². The van der Waals surface area contributed by atoms with E-state index in [-0.39, 0.29) is 6.10 Å². The predicted molar refractivity (Wildman–Crippen MR) is 57.4 cm³/mol. The largest absolute Gasteiger partial charge is 0.377 e. The van der Waals surface area contributed by atoms with Gasteiger partial charge in [-0.2, -0.15) is 0 Å². The molecule has 0 spiro atoms. The van der Waals surface area contributed by atoms with Gasteiger partial charge in [-0.05, 0) is 6.42 Å². The first-order chi connectivity index (χ1) is 6.34. The van der Waals surface area contributed by atoms with E-state index in [4.69, 9.17) is 9.47 Å². The summed E-state index contributed by atoms with van der Waals surface area (Å²) in [6.07, 6.45) is 5.36. The van der Waals surface area contributed by atoms with Gasteiger partial charge in [-0.15, -0.1) is 0 Å². The van der Waals surface area contributed by atoms with E-state index >= 15 is 0 Å². The van der Waals surface area contributed by atoms with E-state index in [0.717, 1.165) is 19.8 Å². The molecule has 0 aromatic carbocycles. The number of rotatable bonds is 6. The van der Waals surface area contributed by atoms with Crippen molar-refractivity contribution in [1.82, 2.24) is 0 Å². The Labute approximate surface area is 89.1 Å². The van der Waals surface area contributed by atoms with E-state index in [0.29, 0.717) is 4.83 Å². The summed E-state index contributed by atoms with van der Waals surface area (Å²) in [6.45, 7) is 4.65. The van der Waals surface area contributed by atoms with Crippen LogP contribution in [0.15, 0.2) is 0 Å². The van der Waals surface area contributed by atoms with Crippen molar-refractivity contribution >= 4 is 15.9 Å². The molecule has 0 N–H and O–H groups in total. The second-order valence-corrected chi connectivity index (χ2v) is 4.70. The molecule has 0 aromatic rings. The molecule has 2 unspecified atom stereocenters. The quantitative estimate of drug-likeness (QED) is 0.533. The summed E-state index contributed by atoms with van der Waals surface area (Å²) in [5.74, 6) is 0. The molecular formula is C10H19BrO2. The molecule has 0 amide bonds. The summed E-state index contributed by atoms with van der Waals surface area (Å²) in [7, 11) is 0. The molecule has 1 rings (SSSR count). The maximum absolute atomic E-state index is 5.69. The lowest BCUT2D eigenvalue weighted by molar-refractivity contribution is 0.0427. The molecule has 3 heteroatoms. The third-order valence-corrected chi connectivity index (χ3v) is 3.15. The van der Waals surface area contributed by atoms with Gasteiger partial charge in [-0.25, -0.2) is 0 Å². The van der Waals surface area contributed by atoms with Gasteiger partial charge < -0.3 is 9.47 Å². The van der Waals surface area contributed by atoms with Gasteiger partial charge in [0.1, 0.15) is 0 Å². The van der Waals surface area contributed by atoms with E-state index in [1.807, 2.05) is 0 Å². The second-order valence-electron chi connectivity index (χ2n) is 3.52. The van der Waals surface area contributed by atoms with Gasteiger partial charge >= 0.3 is 0 Å². The lowest BCUT2D eigenvalue weighted by atomic mass is 10.2. The number of hydrogen-bond acceptors (Lipinski definition) is 2. The van der Waals surface area contributed by atoms with Crippen LogP contribution in [0.1, 0.15) is 32.6 Å². The van der Waals surface area contributed by atoms with Gasteiger partial charge in [0.2, 0.25) is 0 Å². The first-order valence-corrected chi connectivity index (χ1v) is 6.09. The van der Waals surface area contributed by atoms with E-state index in [1.165, 1.54) is 25.7 Å². The Bertz CT molecular complexity index is 130. The van der Waals surface area contributed by atoms with Crippen LogP contribution in [-0.4, -0.2) is 30.8 Å². The van der Waals surface area contributed by atoms with Crippen molar-refractivity contribution in [3.8, 4) is 0 Å². The Hall–Kier alpha value is 0.400. The maximum atomic E-state index is 5.69. The molecular weight excluding hydrogens is 232 g/mol. The van der Waals surface area contributed by atoms with E-state index in [9.17, 15) is 0 Å². The van der Waals surface area contributed by atoms with Crippen LogP contribution >= 0.6 is 15.9 Å². The molecule has 1 aliphatic heterocycles. The summed E-state index contributed by atoms with van der Waals surface area (Å²) < 4.78 is 11.0. The molecule has 2 nitrogen and oxygen atoms in total. The van der Waals surface area contributed by atoms with Gasteiger partial charge in [-0.1, -0.05) is 42.1 Å². The van der Waals surface area contributed by atoms with Crippen LogP contribution in [0, 0.1) is 0 Å². The highest BCUT2D eigenvalue weighted by Gasteiger charge is 2.25. The third-order valence-electron chi connectivity index (χ3n) is 2.29. The van der Waals surface area contributed by atoms with Gasteiger partial charge in [0.15, 0.2) is 0 Å². The smallest absolute Gasteiger partial charge is 0.0955 e. The van der Waals surface area contributed by atoms with Gasteiger partial charge in [0, 0.05) is 6.61 Å².